The summed E-state index contributed by atoms with van der Waals surface area (Å²) in [5, 5.41) is 10.5. The number of carbonyl (C=O) groups excluding carboxylic acids is 1. The Morgan fingerprint density at radius 1 is 1.45 bits per heavy atom. The summed E-state index contributed by atoms with van der Waals surface area (Å²) in [5.41, 5.74) is 0.510. The van der Waals surface area contributed by atoms with E-state index < -0.39 is 5.60 Å². The number of isocyanates is 1. The van der Waals surface area contributed by atoms with Crippen molar-refractivity contribution in [2.45, 2.75) is 45.3 Å². The maximum absolute atomic E-state index is 12.8. The van der Waals surface area contributed by atoms with Gasteiger partial charge in [-0.3, -0.25) is 0 Å². The lowest BCUT2D eigenvalue weighted by molar-refractivity contribution is 0.0338. The number of nitrogens with zero attached hydrogens (tertiary/aromatic N) is 1. The number of alkyl halides is 1. The first kappa shape index (κ1) is 20.5. The van der Waals surface area contributed by atoms with Gasteiger partial charge < -0.3 is 5.11 Å². The highest BCUT2D eigenvalue weighted by Gasteiger charge is 2.28. The van der Waals surface area contributed by atoms with E-state index in [0.29, 0.717) is 24.3 Å². The van der Waals surface area contributed by atoms with E-state index in [1.54, 1.807) is 12.1 Å². The van der Waals surface area contributed by atoms with Crippen LogP contribution in [0.4, 0.5) is 4.39 Å². The van der Waals surface area contributed by atoms with E-state index in [1.165, 1.54) is 18.2 Å². The topological polar surface area (TPSA) is 49.7 Å². The lowest BCUT2D eigenvalue weighted by Crippen LogP contribution is -2.26. The van der Waals surface area contributed by atoms with E-state index in [9.17, 15) is 14.3 Å². The summed E-state index contributed by atoms with van der Waals surface area (Å²) >= 11 is 5.69. The number of hydrogen-bond donors (Lipinski definition) is 1. The molecule has 0 saturated carbocycles. The summed E-state index contributed by atoms with van der Waals surface area (Å²) in [6.45, 7) is 9.29. The van der Waals surface area contributed by atoms with Crippen LogP contribution in [0.2, 0.25) is 0 Å². The fourth-order valence-corrected chi connectivity index (χ4v) is 2.17. The molecule has 1 unspecified atom stereocenters. The highest BCUT2D eigenvalue weighted by atomic mass is 35.5. The van der Waals surface area contributed by atoms with Crippen molar-refractivity contribution in [3.05, 3.63) is 47.8 Å². The lowest BCUT2D eigenvalue weighted by Gasteiger charge is -2.28. The normalized spacial score (nSPS) is 12.7. The summed E-state index contributed by atoms with van der Waals surface area (Å²) in [6, 6.07) is 5.96. The predicted octanol–water partition coefficient (Wildman–Crippen LogP) is 4.34. The molecule has 0 spiro atoms. The predicted molar refractivity (Wildman–Crippen MR) is 88.3 cm³/mol. The van der Waals surface area contributed by atoms with Crippen LogP contribution in [-0.2, 0) is 10.4 Å². The van der Waals surface area contributed by atoms with E-state index in [0.717, 1.165) is 5.57 Å². The second-order valence-electron chi connectivity index (χ2n) is 5.43. The second kappa shape index (κ2) is 10.3. The minimum absolute atomic E-state index is 0.0995. The van der Waals surface area contributed by atoms with Crippen LogP contribution in [0.1, 0.15) is 39.2 Å². The Labute approximate surface area is 136 Å². The van der Waals surface area contributed by atoms with Crippen molar-refractivity contribution in [1.29, 1.82) is 0 Å². The molecule has 1 atom stereocenters. The Morgan fingerprint density at radius 2 is 2.00 bits per heavy atom. The SMILES string of the molecule is C=C(C)CC(O)(CCCl)c1ccc(F)cc1.CC(C)N=C=O. The Bertz CT molecular complexity index is 510. The van der Waals surface area contributed by atoms with Gasteiger partial charge >= 0.3 is 0 Å². The third-order valence-corrected chi connectivity index (χ3v) is 2.98. The molecule has 22 heavy (non-hydrogen) atoms. The van der Waals surface area contributed by atoms with Crippen LogP contribution in [0.15, 0.2) is 41.4 Å². The van der Waals surface area contributed by atoms with Crippen molar-refractivity contribution < 1.29 is 14.3 Å². The van der Waals surface area contributed by atoms with E-state index in [1.807, 2.05) is 20.8 Å². The molecule has 0 saturated heterocycles. The molecule has 0 radical (unpaired) electrons. The van der Waals surface area contributed by atoms with Gasteiger partial charge in [-0.25, -0.2) is 14.2 Å². The molecule has 1 aromatic carbocycles. The van der Waals surface area contributed by atoms with Crippen molar-refractivity contribution in [3.63, 3.8) is 0 Å². The average Bonchev–Trinajstić information content (AvgIpc) is 2.39. The van der Waals surface area contributed by atoms with Gasteiger partial charge in [-0.1, -0.05) is 17.7 Å². The molecule has 1 N–H and O–H groups in total. The first-order valence-electron chi connectivity index (χ1n) is 7.01. The van der Waals surface area contributed by atoms with Crippen LogP contribution in [-0.4, -0.2) is 23.1 Å². The molecule has 0 heterocycles. The van der Waals surface area contributed by atoms with Gasteiger partial charge in [-0.05, 0) is 44.9 Å². The monoisotopic (exact) mass is 327 g/mol. The highest BCUT2D eigenvalue weighted by Crippen LogP contribution is 2.31. The Kier molecular flexibility index (Phi) is 9.59. The molecule has 0 aromatic heterocycles. The molecule has 5 heteroatoms. The Balaban J connectivity index is 0.000000626. The number of hydrogen-bond acceptors (Lipinski definition) is 3. The van der Waals surface area contributed by atoms with Crippen molar-refractivity contribution in [2.75, 3.05) is 5.88 Å². The zero-order chi connectivity index (χ0) is 17.2. The van der Waals surface area contributed by atoms with Gasteiger partial charge in [-0.15, -0.1) is 18.2 Å². The zero-order valence-electron chi connectivity index (χ0n) is 13.3. The molecule has 0 bridgehead atoms. The summed E-state index contributed by atoms with van der Waals surface area (Å²) in [7, 11) is 0. The quantitative estimate of drug-likeness (QED) is 0.366. The largest absolute Gasteiger partial charge is 0.385 e. The van der Waals surface area contributed by atoms with Crippen LogP contribution in [0.5, 0.6) is 0 Å². The summed E-state index contributed by atoms with van der Waals surface area (Å²) in [6.07, 6.45) is 2.30. The minimum atomic E-state index is -1.04. The van der Waals surface area contributed by atoms with Gasteiger partial charge in [0, 0.05) is 12.3 Å². The summed E-state index contributed by atoms with van der Waals surface area (Å²) in [4.78, 5) is 12.6. The van der Waals surface area contributed by atoms with Gasteiger partial charge in [0.05, 0.1) is 11.6 Å². The maximum atomic E-state index is 12.8. The van der Waals surface area contributed by atoms with Crippen molar-refractivity contribution in [1.82, 2.24) is 0 Å². The number of aliphatic hydroxyl groups is 1. The van der Waals surface area contributed by atoms with Crippen molar-refractivity contribution in [2.24, 2.45) is 4.99 Å². The van der Waals surface area contributed by atoms with Crippen LogP contribution < -0.4 is 0 Å². The first-order valence-corrected chi connectivity index (χ1v) is 7.54. The second-order valence-corrected chi connectivity index (χ2v) is 5.80. The van der Waals surface area contributed by atoms with E-state index in [-0.39, 0.29) is 11.9 Å². The average molecular weight is 328 g/mol. The minimum Gasteiger partial charge on any atom is -0.385 e. The number of aliphatic imine (C=N–C) groups is 1. The van der Waals surface area contributed by atoms with Crippen LogP contribution in [0.25, 0.3) is 0 Å². The molecule has 122 valence electrons. The van der Waals surface area contributed by atoms with Crippen LogP contribution in [0.3, 0.4) is 0 Å². The lowest BCUT2D eigenvalue weighted by atomic mass is 9.85. The third-order valence-electron chi connectivity index (χ3n) is 2.79. The molecule has 1 rings (SSSR count). The van der Waals surface area contributed by atoms with Crippen LogP contribution >= 0.6 is 11.6 Å². The Hall–Kier alpha value is -1.48. The molecule has 0 aliphatic carbocycles. The molecule has 1 aromatic rings. The van der Waals surface area contributed by atoms with E-state index in [4.69, 9.17) is 11.6 Å². The van der Waals surface area contributed by atoms with Gasteiger partial charge in [0.2, 0.25) is 6.08 Å². The van der Waals surface area contributed by atoms with E-state index >= 15 is 0 Å². The number of rotatable bonds is 6. The fraction of sp³-hybridized carbons (Fsp3) is 0.471. The van der Waals surface area contributed by atoms with Gasteiger partial charge in [0.15, 0.2) is 0 Å². The smallest absolute Gasteiger partial charge is 0.235 e. The third kappa shape index (κ3) is 8.08. The Morgan fingerprint density at radius 3 is 2.32 bits per heavy atom. The molecular formula is C17H23ClFNO2. The highest BCUT2D eigenvalue weighted by molar-refractivity contribution is 6.17. The van der Waals surface area contributed by atoms with E-state index in [2.05, 4.69) is 11.6 Å². The van der Waals surface area contributed by atoms with Crippen molar-refractivity contribution in [3.8, 4) is 0 Å². The number of benzene rings is 1. The molecule has 0 amide bonds. The zero-order valence-corrected chi connectivity index (χ0v) is 14.0. The molecule has 0 aliphatic heterocycles. The number of halogens is 2. The summed E-state index contributed by atoms with van der Waals surface area (Å²) in [5.74, 6) is 0.0357. The standard InChI is InChI=1S/C13H16ClFO.C4H7NO/c1-10(2)9-13(16,7-8-14)11-3-5-12(15)6-4-11;1-4(2)5-3-6/h3-6,16H,1,7-9H2,2H3;4H,1-2H3. The maximum Gasteiger partial charge on any atom is 0.235 e. The van der Waals surface area contributed by atoms with Crippen LogP contribution in [0, 0.1) is 5.82 Å². The fourth-order valence-electron chi connectivity index (χ4n) is 1.86. The first-order chi connectivity index (χ1) is 10.2. The van der Waals surface area contributed by atoms with Gasteiger partial charge in [0.1, 0.15) is 5.82 Å². The molecular weight excluding hydrogens is 305 g/mol. The molecule has 3 nitrogen and oxygen atoms in total. The molecule has 0 aliphatic rings. The van der Waals surface area contributed by atoms with Crippen molar-refractivity contribution >= 4 is 17.7 Å². The van der Waals surface area contributed by atoms with Gasteiger partial charge in [-0.2, -0.15) is 0 Å². The summed E-state index contributed by atoms with van der Waals surface area (Å²) < 4.78 is 12.8. The molecule has 0 fully saturated rings. The van der Waals surface area contributed by atoms with Gasteiger partial charge in [0.25, 0.3) is 0 Å².